The minimum absolute atomic E-state index is 0.469. The van der Waals surface area contributed by atoms with Gasteiger partial charge in [0.25, 0.3) is 0 Å². The van der Waals surface area contributed by atoms with Crippen LogP contribution in [0, 0.1) is 0 Å². The average molecular weight is 156 g/mol. The molecule has 0 saturated carbocycles. The average Bonchev–Trinajstić information content (AvgIpc) is 2.03. The molecule has 0 unspecified atom stereocenters. The van der Waals surface area contributed by atoms with E-state index in [2.05, 4.69) is 10.6 Å². The summed E-state index contributed by atoms with van der Waals surface area (Å²) in [7, 11) is 0. The molecule has 11 heavy (non-hydrogen) atoms. The van der Waals surface area contributed by atoms with E-state index in [0.717, 1.165) is 19.5 Å². The summed E-state index contributed by atoms with van der Waals surface area (Å²) in [5, 5.41) is 13.8. The van der Waals surface area contributed by atoms with E-state index in [9.17, 15) is 4.79 Å². The highest BCUT2D eigenvalue weighted by Gasteiger charge is 2.03. The van der Waals surface area contributed by atoms with Crippen molar-refractivity contribution < 1.29 is 9.90 Å². The topological polar surface area (TPSA) is 61.4 Å². The van der Waals surface area contributed by atoms with E-state index in [0.29, 0.717) is 6.54 Å². The van der Waals surface area contributed by atoms with Gasteiger partial charge in [0.1, 0.15) is 0 Å². The Morgan fingerprint density at radius 2 is 2.64 bits per heavy atom. The van der Waals surface area contributed by atoms with Crippen LogP contribution in [0.2, 0.25) is 0 Å². The highest BCUT2D eigenvalue weighted by molar-refractivity contribution is 5.64. The van der Waals surface area contributed by atoms with Crippen molar-refractivity contribution in [3.63, 3.8) is 0 Å². The normalized spacial score (nSPS) is 17.3. The first-order valence-corrected chi connectivity index (χ1v) is 3.64. The summed E-state index contributed by atoms with van der Waals surface area (Å²) in [6.07, 6.45) is 2.02. The fourth-order valence-corrected chi connectivity index (χ4v) is 1.02. The van der Waals surface area contributed by atoms with Crippen LogP contribution in [0.15, 0.2) is 11.6 Å². The number of rotatable bonds is 2. The van der Waals surface area contributed by atoms with E-state index in [1.54, 1.807) is 0 Å². The quantitative estimate of drug-likeness (QED) is 0.499. The number of hydrogen-bond acceptors (Lipinski definition) is 2. The Hall–Kier alpha value is -1.03. The van der Waals surface area contributed by atoms with Gasteiger partial charge < -0.3 is 15.7 Å². The van der Waals surface area contributed by atoms with Crippen molar-refractivity contribution in [2.75, 3.05) is 19.6 Å². The molecule has 0 radical (unpaired) electrons. The van der Waals surface area contributed by atoms with Crippen LogP contribution in [0.5, 0.6) is 0 Å². The molecule has 1 rings (SSSR count). The van der Waals surface area contributed by atoms with Crippen LogP contribution in [0.25, 0.3) is 0 Å². The van der Waals surface area contributed by atoms with Gasteiger partial charge >= 0.3 is 6.09 Å². The Balaban J connectivity index is 2.24. The van der Waals surface area contributed by atoms with Crippen LogP contribution < -0.4 is 10.6 Å². The second kappa shape index (κ2) is 3.98. The molecule has 0 fully saturated rings. The lowest BCUT2D eigenvalue weighted by Crippen LogP contribution is -2.28. The number of hydrogen-bond donors (Lipinski definition) is 3. The fraction of sp³-hybridized carbons (Fsp3) is 0.571. The number of nitrogens with one attached hydrogen (secondary N) is 2. The van der Waals surface area contributed by atoms with E-state index in [4.69, 9.17) is 5.11 Å². The highest BCUT2D eigenvalue weighted by atomic mass is 16.4. The van der Waals surface area contributed by atoms with Crippen molar-refractivity contribution >= 4 is 6.09 Å². The van der Waals surface area contributed by atoms with Gasteiger partial charge in [0.2, 0.25) is 0 Å². The lowest BCUT2D eigenvalue weighted by atomic mass is 10.1. The lowest BCUT2D eigenvalue weighted by molar-refractivity contribution is 0.195. The van der Waals surface area contributed by atoms with Gasteiger partial charge in [-0.15, -0.1) is 0 Å². The smallest absolute Gasteiger partial charge is 0.404 e. The minimum Gasteiger partial charge on any atom is -0.465 e. The molecule has 1 aliphatic heterocycles. The summed E-state index contributed by atoms with van der Waals surface area (Å²) in [5.74, 6) is 0. The molecule has 1 aliphatic rings. The standard InChI is InChI=1S/C7H12N2O2/c10-7(11)9-5-6-1-3-8-4-2-6/h1,8-9H,2-5H2,(H,10,11). The lowest BCUT2D eigenvalue weighted by Gasteiger charge is -2.13. The molecule has 62 valence electrons. The SMILES string of the molecule is O=C(O)NCC1=CCNCC1. The Labute approximate surface area is 65.3 Å². The molecule has 0 atom stereocenters. The van der Waals surface area contributed by atoms with Crippen molar-refractivity contribution in [3.05, 3.63) is 11.6 Å². The molecule has 0 aromatic carbocycles. The van der Waals surface area contributed by atoms with Gasteiger partial charge in [-0.1, -0.05) is 11.6 Å². The zero-order chi connectivity index (χ0) is 8.10. The fourth-order valence-electron chi connectivity index (χ4n) is 1.02. The third-order valence-corrected chi connectivity index (χ3v) is 1.62. The molecule has 0 bridgehead atoms. The zero-order valence-electron chi connectivity index (χ0n) is 6.26. The van der Waals surface area contributed by atoms with Crippen LogP contribution in [0.3, 0.4) is 0 Å². The molecular weight excluding hydrogens is 144 g/mol. The summed E-state index contributed by atoms with van der Waals surface area (Å²) in [6.45, 7) is 2.28. The van der Waals surface area contributed by atoms with E-state index in [1.807, 2.05) is 6.08 Å². The summed E-state index contributed by atoms with van der Waals surface area (Å²) >= 11 is 0. The summed E-state index contributed by atoms with van der Waals surface area (Å²) in [6, 6.07) is 0. The summed E-state index contributed by atoms with van der Waals surface area (Å²) in [5.41, 5.74) is 1.17. The molecule has 4 nitrogen and oxygen atoms in total. The largest absolute Gasteiger partial charge is 0.465 e. The molecule has 0 saturated heterocycles. The third kappa shape index (κ3) is 3.04. The Morgan fingerprint density at radius 1 is 1.82 bits per heavy atom. The third-order valence-electron chi connectivity index (χ3n) is 1.62. The molecule has 4 heteroatoms. The zero-order valence-corrected chi connectivity index (χ0v) is 6.26. The Morgan fingerprint density at radius 3 is 3.18 bits per heavy atom. The van der Waals surface area contributed by atoms with Crippen molar-refractivity contribution in [3.8, 4) is 0 Å². The monoisotopic (exact) mass is 156 g/mol. The molecule has 0 spiro atoms. The Kier molecular flexibility index (Phi) is 2.92. The van der Waals surface area contributed by atoms with E-state index in [-0.39, 0.29) is 0 Å². The maximum absolute atomic E-state index is 10.1. The number of carbonyl (C=O) groups is 1. The van der Waals surface area contributed by atoms with Crippen molar-refractivity contribution in [1.29, 1.82) is 0 Å². The maximum atomic E-state index is 10.1. The second-order valence-electron chi connectivity index (χ2n) is 2.48. The number of amides is 1. The first-order valence-electron chi connectivity index (χ1n) is 3.64. The first-order chi connectivity index (χ1) is 5.29. The van der Waals surface area contributed by atoms with Crippen LogP contribution in [-0.2, 0) is 0 Å². The molecule has 0 aliphatic carbocycles. The van der Waals surface area contributed by atoms with E-state index in [1.165, 1.54) is 5.57 Å². The molecule has 1 heterocycles. The first kappa shape index (κ1) is 8.07. The Bertz CT molecular complexity index is 177. The predicted molar refractivity (Wildman–Crippen MR) is 41.6 cm³/mol. The molecule has 0 aromatic heterocycles. The maximum Gasteiger partial charge on any atom is 0.404 e. The van der Waals surface area contributed by atoms with Gasteiger partial charge in [0.15, 0.2) is 0 Å². The van der Waals surface area contributed by atoms with Gasteiger partial charge in [-0.2, -0.15) is 0 Å². The van der Waals surface area contributed by atoms with E-state index < -0.39 is 6.09 Å². The highest BCUT2D eigenvalue weighted by Crippen LogP contribution is 2.01. The summed E-state index contributed by atoms with van der Waals surface area (Å²) < 4.78 is 0. The van der Waals surface area contributed by atoms with Crippen molar-refractivity contribution in [2.24, 2.45) is 0 Å². The van der Waals surface area contributed by atoms with Crippen LogP contribution in [0.4, 0.5) is 4.79 Å². The van der Waals surface area contributed by atoms with Crippen molar-refractivity contribution in [2.45, 2.75) is 6.42 Å². The van der Waals surface area contributed by atoms with Gasteiger partial charge in [-0.25, -0.2) is 4.79 Å². The van der Waals surface area contributed by atoms with Gasteiger partial charge in [0, 0.05) is 13.1 Å². The minimum atomic E-state index is -0.954. The molecular formula is C7H12N2O2. The van der Waals surface area contributed by atoms with Crippen LogP contribution in [0.1, 0.15) is 6.42 Å². The second-order valence-corrected chi connectivity index (χ2v) is 2.48. The molecule has 3 N–H and O–H groups in total. The van der Waals surface area contributed by atoms with Gasteiger partial charge in [-0.3, -0.25) is 0 Å². The van der Waals surface area contributed by atoms with Crippen molar-refractivity contribution in [1.82, 2.24) is 10.6 Å². The molecule has 1 amide bonds. The van der Waals surface area contributed by atoms with Gasteiger partial charge in [-0.05, 0) is 13.0 Å². The summed E-state index contributed by atoms with van der Waals surface area (Å²) in [4.78, 5) is 10.1. The predicted octanol–water partition coefficient (Wildman–Crippen LogP) is 0.174. The van der Waals surface area contributed by atoms with E-state index >= 15 is 0 Å². The van der Waals surface area contributed by atoms with Crippen LogP contribution in [-0.4, -0.2) is 30.8 Å². The van der Waals surface area contributed by atoms with Crippen LogP contribution >= 0.6 is 0 Å². The molecule has 0 aromatic rings. The van der Waals surface area contributed by atoms with Gasteiger partial charge in [0.05, 0.1) is 0 Å². The number of carboxylic acid groups (broad SMARTS) is 1.